The molecule has 0 amide bonds. The van der Waals surface area contributed by atoms with E-state index in [9.17, 15) is 0 Å². The molecule has 2 N–H and O–H groups in total. The number of nitrogens with zero attached hydrogens (tertiary/aromatic N) is 4. The molecule has 0 saturated heterocycles. The Morgan fingerprint density at radius 1 is 1.27 bits per heavy atom. The highest BCUT2D eigenvalue weighted by molar-refractivity contribution is 6.41. The van der Waals surface area contributed by atoms with Crippen LogP contribution in [0.4, 0.5) is 0 Å². The van der Waals surface area contributed by atoms with Gasteiger partial charge in [0.1, 0.15) is 5.15 Å². The van der Waals surface area contributed by atoms with Gasteiger partial charge in [0.05, 0.1) is 17.3 Å². The summed E-state index contributed by atoms with van der Waals surface area (Å²) < 4.78 is 3.90. The summed E-state index contributed by atoms with van der Waals surface area (Å²) in [6, 6.07) is 3.95. The standard InChI is InChI=1S/C18H28Cl2N6/c1-6-21-18(23-10-15-8-16(19)17(20)25(15)5)22-9-12(2)11-26-14(4)7-13(3)24-26/h7-8,12H,6,9-11H2,1-5H3,(H2,21,22,23). The van der Waals surface area contributed by atoms with Crippen LogP contribution in [-0.4, -0.2) is 33.4 Å². The van der Waals surface area contributed by atoms with Crippen molar-refractivity contribution in [2.45, 2.75) is 40.8 Å². The van der Waals surface area contributed by atoms with Crippen LogP contribution in [0.15, 0.2) is 17.1 Å². The minimum Gasteiger partial charge on any atom is -0.357 e. The summed E-state index contributed by atoms with van der Waals surface area (Å²) in [7, 11) is 1.88. The normalized spacial score (nSPS) is 13.1. The summed E-state index contributed by atoms with van der Waals surface area (Å²) in [4.78, 5) is 4.63. The van der Waals surface area contributed by atoms with Crippen molar-refractivity contribution < 1.29 is 0 Å². The zero-order valence-corrected chi connectivity index (χ0v) is 17.6. The van der Waals surface area contributed by atoms with Gasteiger partial charge in [0, 0.05) is 38.1 Å². The van der Waals surface area contributed by atoms with Crippen LogP contribution < -0.4 is 10.6 Å². The van der Waals surface area contributed by atoms with Crippen LogP contribution in [-0.2, 0) is 20.1 Å². The molecular formula is C18H28Cl2N6. The molecule has 144 valence electrons. The summed E-state index contributed by atoms with van der Waals surface area (Å²) in [5, 5.41) is 12.3. The van der Waals surface area contributed by atoms with Crippen molar-refractivity contribution in [3.63, 3.8) is 0 Å². The Labute approximate surface area is 165 Å². The van der Waals surface area contributed by atoms with Gasteiger partial charge < -0.3 is 15.2 Å². The molecule has 6 nitrogen and oxygen atoms in total. The third kappa shape index (κ3) is 5.42. The molecule has 8 heteroatoms. The van der Waals surface area contributed by atoms with E-state index in [1.807, 2.05) is 31.5 Å². The van der Waals surface area contributed by atoms with E-state index in [1.54, 1.807) is 0 Å². The van der Waals surface area contributed by atoms with Crippen molar-refractivity contribution in [2.24, 2.45) is 18.0 Å². The lowest BCUT2D eigenvalue weighted by Gasteiger charge is -2.17. The molecule has 2 aromatic rings. The predicted octanol–water partition coefficient (Wildman–Crippen LogP) is 3.54. The van der Waals surface area contributed by atoms with Gasteiger partial charge in [-0.1, -0.05) is 30.1 Å². The molecule has 26 heavy (non-hydrogen) atoms. The highest BCUT2D eigenvalue weighted by Gasteiger charge is 2.10. The van der Waals surface area contributed by atoms with Crippen LogP contribution in [0.2, 0.25) is 10.2 Å². The van der Waals surface area contributed by atoms with Crippen molar-refractivity contribution in [3.05, 3.63) is 39.4 Å². The van der Waals surface area contributed by atoms with Gasteiger partial charge in [-0.2, -0.15) is 5.10 Å². The number of nitrogens with one attached hydrogen (secondary N) is 2. The van der Waals surface area contributed by atoms with E-state index in [4.69, 9.17) is 23.2 Å². The van der Waals surface area contributed by atoms with E-state index in [2.05, 4.69) is 45.3 Å². The van der Waals surface area contributed by atoms with Gasteiger partial charge in [0.2, 0.25) is 0 Å². The van der Waals surface area contributed by atoms with E-state index < -0.39 is 0 Å². The first-order valence-electron chi connectivity index (χ1n) is 8.84. The molecule has 0 fully saturated rings. The van der Waals surface area contributed by atoms with E-state index in [0.29, 0.717) is 22.6 Å². The minimum atomic E-state index is 0.413. The Balaban J connectivity index is 1.94. The monoisotopic (exact) mass is 398 g/mol. The first-order chi connectivity index (χ1) is 12.3. The van der Waals surface area contributed by atoms with Crippen molar-refractivity contribution >= 4 is 29.2 Å². The molecule has 0 aromatic carbocycles. The fraction of sp³-hybridized carbons (Fsp3) is 0.556. The Kier molecular flexibility index (Phi) is 7.41. The molecule has 0 aliphatic carbocycles. The van der Waals surface area contributed by atoms with Crippen LogP contribution in [0.5, 0.6) is 0 Å². The number of guanidine groups is 1. The predicted molar refractivity (Wildman–Crippen MR) is 109 cm³/mol. The molecule has 0 aliphatic rings. The largest absolute Gasteiger partial charge is 0.357 e. The van der Waals surface area contributed by atoms with Crippen LogP contribution in [0, 0.1) is 19.8 Å². The zero-order chi connectivity index (χ0) is 19.3. The average Bonchev–Trinajstić information content (AvgIpc) is 3.03. The first kappa shape index (κ1) is 20.6. The second kappa shape index (κ2) is 9.33. The molecule has 0 bridgehead atoms. The third-order valence-corrected chi connectivity index (χ3v) is 5.01. The van der Waals surface area contributed by atoms with Crippen molar-refractivity contribution in [1.82, 2.24) is 25.0 Å². The van der Waals surface area contributed by atoms with Gasteiger partial charge in [0.25, 0.3) is 0 Å². The van der Waals surface area contributed by atoms with Gasteiger partial charge >= 0.3 is 0 Å². The number of aliphatic imine (C=N–C) groups is 1. The molecule has 0 aliphatic heterocycles. The number of aromatic nitrogens is 3. The van der Waals surface area contributed by atoms with Crippen molar-refractivity contribution in [1.29, 1.82) is 0 Å². The second-order valence-electron chi connectivity index (χ2n) is 6.62. The van der Waals surface area contributed by atoms with Gasteiger partial charge in [-0.3, -0.25) is 4.68 Å². The number of halogens is 2. The average molecular weight is 399 g/mol. The van der Waals surface area contributed by atoms with E-state index >= 15 is 0 Å². The maximum Gasteiger partial charge on any atom is 0.191 e. The van der Waals surface area contributed by atoms with Gasteiger partial charge in [-0.05, 0) is 38.8 Å². The molecule has 1 atom stereocenters. The lowest BCUT2D eigenvalue weighted by molar-refractivity contribution is 0.436. The maximum absolute atomic E-state index is 6.11. The van der Waals surface area contributed by atoms with Crippen LogP contribution in [0.1, 0.15) is 30.9 Å². The topological polar surface area (TPSA) is 59.2 Å². The molecular weight excluding hydrogens is 371 g/mol. The van der Waals surface area contributed by atoms with E-state index in [1.165, 1.54) is 5.69 Å². The van der Waals surface area contributed by atoms with Gasteiger partial charge in [-0.15, -0.1) is 0 Å². The second-order valence-corrected chi connectivity index (χ2v) is 7.39. The summed E-state index contributed by atoms with van der Waals surface area (Å²) in [5.74, 6) is 1.19. The van der Waals surface area contributed by atoms with Crippen molar-refractivity contribution in [3.8, 4) is 0 Å². The Morgan fingerprint density at radius 2 is 2.00 bits per heavy atom. The highest BCUT2D eigenvalue weighted by atomic mass is 35.5. The molecule has 2 rings (SSSR count). The Morgan fingerprint density at radius 3 is 2.54 bits per heavy atom. The van der Waals surface area contributed by atoms with E-state index in [-0.39, 0.29) is 0 Å². The smallest absolute Gasteiger partial charge is 0.191 e. The molecule has 1 unspecified atom stereocenters. The van der Waals surface area contributed by atoms with Crippen LogP contribution in [0.3, 0.4) is 0 Å². The zero-order valence-electron chi connectivity index (χ0n) is 16.1. The lowest BCUT2D eigenvalue weighted by Crippen LogP contribution is -2.40. The summed E-state index contributed by atoms with van der Waals surface area (Å²) in [6.45, 7) is 11.3. The SMILES string of the molecule is CCNC(=NCc1cc(Cl)c(Cl)n1C)NCC(C)Cn1nc(C)cc1C. The van der Waals surface area contributed by atoms with Crippen LogP contribution in [0.25, 0.3) is 0 Å². The van der Waals surface area contributed by atoms with Crippen LogP contribution >= 0.6 is 23.2 Å². The first-order valence-corrected chi connectivity index (χ1v) is 9.60. The van der Waals surface area contributed by atoms with Crippen molar-refractivity contribution in [2.75, 3.05) is 13.1 Å². The molecule has 2 heterocycles. The fourth-order valence-corrected chi connectivity index (χ4v) is 3.15. The fourth-order valence-electron chi connectivity index (χ4n) is 2.73. The molecule has 0 spiro atoms. The number of hydrogen-bond acceptors (Lipinski definition) is 2. The van der Waals surface area contributed by atoms with Gasteiger partial charge in [-0.25, -0.2) is 4.99 Å². The minimum absolute atomic E-state index is 0.413. The number of rotatable bonds is 7. The highest BCUT2D eigenvalue weighted by Crippen LogP contribution is 2.25. The number of aryl methyl sites for hydroxylation is 2. The van der Waals surface area contributed by atoms with Gasteiger partial charge in [0.15, 0.2) is 5.96 Å². The number of hydrogen-bond donors (Lipinski definition) is 2. The lowest BCUT2D eigenvalue weighted by atomic mass is 10.2. The molecule has 0 saturated carbocycles. The maximum atomic E-state index is 6.11. The summed E-state index contributed by atoms with van der Waals surface area (Å²) in [5.41, 5.74) is 3.21. The quantitative estimate of drug-likeness (QED) is 0.553. The molecule has 2 aromatic heterocycles. The summed E-state index contributed by atoms with van der Waals surface area (Å²) >= 11 is 12.2. The van der Waals surface area contributed by atoms with E-state index in [0.717, 1.165) is 37.0 Å². The Bertz CT molecular complexity index is 762. The molecule has 0 radical (unpaired) electrons. The third-order valence-electron chi connectivity index (χ3n) is 4.17. The Hall–Kier alpha value is -1.66. The summed E-state index contributed by atoms with van der Waals surface area (Å²) in [6.07, 6.45) is 0.